The van der Waals surface area contributed by atoms with Crippen molar-refractivity contribution in [1.29, 1.82) is 0 Å². The third-order valence-corrected chi connectivity index (χ3v) is 3.01. The van der Waals surface area contributed by atoms with Crippen LogP contribution in [0.5, 0.6) is 0 Å². The van der Waals surface area contributed by atoms with Gasteiger partial charge in [-0.15, -0.1) is 0 Å². The molecule has 0 fully saturated rings. The fraction of sp³-hybridized carbons (Fsp3) is 0.571. The number of benzene rings is 1. The van der Waals surface area contributed by atoms with E-state index in [9.17, 15) is 0 Å². The van der Waals surface area contributed by atoms with Crippen LogP contribution in [0.25, 0.3) is 0 Å². The summed E-state index contributed by atoms with van der Waals surface area (Å²) in [5.41, 5.74) is 9.85. The third kappa shape index (κ3) is 3.95. The minimum Gasteiger partial charge on any atom is -0.329 e. The average Bonchev–Trinajstić information content (AvgIpc) is 2.23. The Kier molecular flexibility index (Phi) is 4.51. The van der Waals surface area contributed by atoms with E-state index in [1.54, 1.807) is 0 Å². The van der Waals surface area contributed by atoms with Gasteiger partial charge in [-0.1, -0.05) is 23.8 Å². The zero-order chi connectivity index (χ0) is 12.2. The van der Waals surface area contributed by atoms with Crippen molar-refractivity contribution in [3.63, 3.8) is 0 Å². The van der Waals surface area contributed by atoms with Crippen molar-refractivity contribution in [3.05, 3.63) is 34.9 Å². The van der Waals surface area contributed by atoms with Crippen molar-refractivity contribution in [2.24, 2.45) is 5.73 Å². The molecule has 0 amide bonds. The van der Waals surface area contributed by atoms with Crippen LogP contribution in [0, 0.1) is 13.8 Å². The van der Waals surface area contributed by atoms with Crippen LogP contribution in [0.3, 0.4) is 0 Å². The fourth-order valence-electron chi connectivity index (χ4n) is 1.68. The molecule has 0 saturated carbocycles. The van der Waals surface area contributed by atoms with Gasteiger partial charge in [0.2, 0.25) is 0 Å². The van der Waals surface area contributed by atoms with Gasteiger partial charge in [-0.3, -0.25) is 0 Å². The van der Waals surface area contributed by atoms with Crippen LogP contribution in [0.1, 0.15) is 30.5 Å². The van der Waals surface area contributed by atoms with E-state index in [1.165, 1.54) is 16.7 Å². The Labute approximate surface area is 99.2 Å². The maximum atomic E-state index is 5.68. The van der Waals surface area contributed by atoms with E-state index in [0.29, 0.717) is 6.54 Å². The van der Waals surface area contributed by atoms with Gasteiger partial charge in [0.15, 0.2) is 0 Å². The first-order chi connectivity index (χ1) is 7.44. The standard InChI is InChI=1S/C14H24N2/c1-11-5-6-12(2)13(9-11)7-8-16-14(3,4)10-15/h5-6,9,16H,7-8,10,15H2,1-4H3. The van der Waals surface area contributed by atoms with E-state index in [2.05, 4.69) is 51.2 Å². The summed E-state index contributed by atoms with van der Waals surface area (Å²) in [5.74, 6) is 0. The second-order valence-electron chi connectivity index (χ2n) is 5.19. The zero-order valence-electron chi connectivity index (χ0n) is 10.9. The molecule has 3 N–H and O–H groups in total. The molecule has 0 bridgehead atoms. The average molecular weight is 220 g/mol. The Morgan fingerprint density at radius 1 is 1.25 bits per heavy atom. The van der Waals surface area contributed by atoms with Gasteiger partial charge >= 0.3 is 0 Å². The highest BCUT2D eigenvalue weighted by atomic mass is 15.0. The van der Waals surface area contributed by atoms with Crippen LogP contribution >= 0.6 is 0 Å². The molecule has 1 rings (SSSR count). The van der Waals surface area contributed by atoms with E-state index in [1.807, 2.05) is 0 Å². The predicted molar refractivity (Wildman–Crippen MR) is 70.8 cm³/mol. The molecule has 90 valence electrons. The van der Waals surface area contributed by atoms with E-state index in [4.69, 9.17) is 5.73 Å². The number of nitrogens with two attached hydrogens (primary N) is 1. The molecule has 0 unspecified atom stereocenters. The van der Waals surface area contributed by atoms with Gasteiger partial charge in [0.05, 0.1) is 0 Å². The third-order valence-electron chi connectivity index (χ3n) is 3.01. The molecule has 0 spiro atoms. The summed E-state index contributed by atoms with van der Waals surface area (Å²) in [7, 11) is 0. The van der Waals surface area contributed by atoms with E-state index >= 15 is 0 Å². The molecule has 0 aliphatic rings. The molecule has 16 heavy (non-hydrogen) atoms. The van der Waals surface area contributed by atoms with Gasteiger partial charge in [0.1, 0.15) is 0 Å². The maximum absolute atomic E-state index is 5.68. The molecule has 0 atom stereocenters. The molecule has 1 aromatic carbocycles. The largest absolute Gasteiger partial charge is 0.329 e. The summed E-state index contributed by atoms with van der Waals surface area (Å²) in [4.78, 5) is 0. The molecule has 0 heterocycles. The summed E-state index contributed by atoms with van der Waals surface area (Å²) in [6, 6.07) is 6.63. The molecule has 2 heteroatoms. The molecule has 0 aliphatic carbocycles. The van der Waals surface area contributed by atoms with Gasteiger partial charge in [-0.25, -0.2) is 0 Å². The quantitative estimate of drug-likeness (QED) is 0.798. The fourth-order valence-corrected chi connectivity index (χ4v) is 1.68. The Hall–Kier alpha value is -0.860. The van der Waals surface area contributed by atoms with E-state index in [0.717, 1.165) is 13.0 Å². The molecule has 0 aromatic heterocycles. The first-order valence-corrected chi connectivity index (χ1v) is 5.96. The van der Waals surface area contributed by atoms with Crippen molar-refractivity contribution < 1.29 is 0 Å². The second-order valence-corrected chi connectivity index (χ2v) is 5.19. The highest BCUT2D eigenvalue weighted by Gasteiger charge is 2.13. The lowest BCUT2D eigenvalue weighted by Crippen LogP contribution is -2.46. The number of aryl methyl sites for hydroxylation is 2. The Morgan fingerprint density at radius 3 is 2.56 bits per heavy atom. The van der Waals surface area contributed by atoms with Crippen molar-refractivity contribution in [2.45, 2.75) is 39.7 Å². The van der Waals surface area contributed by atoms with Crippen LogP contribution in [0.4, 0.5) is 0 Å². The van der Waals surface area contributed by atoms with E-state index < -0.39 is 0 Å². The smallest absolute Gasteiger partial charge is 0.0247 e. The predicted octanol–water partition coefficient (Wildman–Crippen LogP) is 2.17. The highest BCUT2D eigenvalue weighted by Crippen LogP contribution is 2.11. The lowest BCUT2D eigenvalue weighted by molar-refractivity contribution is 0.401. The summed E-state index contributed by atoms with van der Waals surface area (Å²) < 4.78 is 0. The second kappa shape index (κ2) is 5.46. The highest BCUT2D eigenvalue weighted by molar-refractivity contribution is 5.30. The minimum atomic E-state index is 0.0394. The Balaban J connectivity index is 2.52. The van der Waals surface area contributed by atoms with Crippen molar-refractivity contribution >= 4 is 0 Å². The molecular weight excluding hydrogens is 196 g/mol. The van der Waals surface area contributed by atoms with Gasteiger partial charge in [0, 0.05) is 12.1 Å². The molecule has 1 aromatic rings. The molecule has 0 radical (unpaired) electrons. The van der Waals surface area contributed by atoms with Gasteiger partial charge in [-0.05, 0) is 51.8 Å². The first-order valence-electron chi connectivity index (χ1n) is 5.96. The lowest BCUT2D eigenvalue weighted by atomic mass is 10.0. The monoisotopic (exact) mass is 220 g/mol. The van der Waals surface area contributed by atoms with Gasteiger partial charge < -0.3 is 11.1 Å². The van der Waals surface area contributed by atoms with Crippen LogP contribution in [-0.4, -0.2) is 18.6 Å². The normalized spacial score (nSPS) is 11.8. The minimum absolute atomic E-state index is 0.0394. The van der Waals surface area contributed by atoms with E-state index in [-0.39, 0.29) is 5.54 Å². The van der Waals surface area contributed by atoms with Crippen LogP contribution < -0.4 is 11.1 Å². The molecule has 0 aliphatic heterocycles. The summed E-state index contributed by atoms with van der Waals surface area (Å²) >= 11 is 0. The first kappa shape index (κ1) is 13.2. The zero-order valence-corrected chi connectivity index (χ0v) is 10.9. The molecule has 0 saturated heterocycles. The Morgan fingerprint density at radius 2 is 1.94 bits per heavy atom. The SMILES string of the molecule is Cc1ccc(C)c(CCNC(C)(C)CN)c1. The van der Waals surface area contributed by atoms with Crippen LogP contribution in [0.2, 0.25) is 0 Å². The Bertz CT molecular complexity index is 343. The molecular formula is C14H24N2. The number of rotatable bonds is 5. The summed E-state index contributed by atoms with van der Waals surface area (Å²) in [6.45, 7) is 10.2. The van der Waals surface area contributed by atoms with Gasteiger partial charge in [-0.2, -0.15) is 0 Å². The maximum Gasteiger partial charge on any atom is 0.0247 e. The summed E-state index contributed by atoms with van der Waals surface area (Å²) in [5, 5.41) is 3.48. The number of nitrogens with one attached hydrogen (secondary N) is 1. The number of hydrogen-bond donors (Lipinski definition) is 2. The van der Waals surface area contributed by atoms with Crippen molar-refractivity contribution in [3.8, 4) is 0 Å². The van der Waals surface area contributed by atoms with Gasteiger partial charge in [0.25, 0.3) is 0 Å². The number of hydrogen-bond acceptors (Lipinski definition) is 2. The summed E-state index contributed by atoms with van der Waals surface area (Å²) in [6.07, 6.45) is 1.07. The van der Waals surface area contributed by atoms with Crippen LogP contribution in [0.15, 0.2) is 18.2 Å². The van der Waals surface area contributed by atoms with Crippen LogP contribution in [-0.2, 0) is 6.42 Å². The lowest BCUT2D eigenvalue weighted by Gasteiger charge is -2.24. The van der Waals surface area contributed by atoms with Crippen molar-refractivity contribution in [2.75, 3.05) is 13.1 Å². The molecule has 2 nitrogen and oxygen atoms in total. The van der Waals surface area contributed by atoms with Crippen molar-refractivity contribution in [1.82, 2.24) is 5.32 Å². The topological polar surface area (TPSA) is 38.0 Å².